The number of hydrogen-bond acceptors (Lipinski definition) is 3. The molecule has 0 aliphatic heterocycles. The van der Waals surface area contributed by atoms with E-state index in [1.54, 1.807) is 13.8 Å². The molecule has 0 heterocycles. The first kappa shape index (κ1) is 11.9. The van der Waals surface area contributed by atoms with Crippen LogP contribution in [-0.4, -0.2) is 28.5 Å². The molecule has 62 valence electrons. The van der Waals surface area contributed by atoms with Gasteiger partial charge in [-0.15, -0.1) is 0 Å². The predicted molar refractivity (Wildman–Crippen MR) is 37.5 cm³/mol. The standard InChI is InChI=1S/C4H11NO.CH3NO2/c1-3(5)4(2)6;2-1(3)4/h3-4,6H,5H2,1-2H3;2H2,(H,3,4). The lowest BCUT2D eigenvalue weighted by Crippen LogP contribution is -2.28. The van der Waals surface area contributed by atoms with Crippen LogP contribution in [0.1, 0.15) is 13.8 Å². The molecular formula is C5H14N2O3. The maximum Gasteiger partial charge on any atom is 0.402 e. The second-order valence-corrected chi connectivity index (χ2v) is 1.94. The largest absolute Gasteiger partial charge is 0.465 e. The van der Waals surface area contributed by atoms with Crippen LogP contribution in [0.3, 0.4) is 0 Å². The van der Waals surface area contributed by atoms with E-state index in [4.69, 9.17) is 20.7 Å². The molecule has 2 atom stereocenters. The first-order valence-corrected chi connectivity index (χ1v) is 2.80. The molecule has 5 nitrogen and oxygen atoms in total. The van der Waals surface area contributed by atoms with Gasteiger partial charge in [0.05, 0.1) is 6.10 Å². The maximum atomic E-state index is 8.78. The summed E-state index contributed by atoms with van der Waals surface area (Å²) in [6, 6.07) is -0.0926. The van der Waals surface area contributed by atoms with Gasteiger partial charge in [-0.3, -0.25) is 0 Å². The number of amides is 1. The van der Waals surface area contributed by atoms with Crippen molar-refractivity contribution in [2.45, 2.75) is 26.0 Å². The number of carboxylic acid groups (broad SMARTS) is 1. The smallest absolute Gasteiger partial charge is 0.402 e. The number of aliphatic hydroxyl groups excluding tert-OH is 1. The highest BCUT2D eigenvalue weighted by molar-refractivity contribution is 5.61. The van der Waals surface area contributed by atoms with E-state index in [1.807, 2.05) is 0 Å². The Bertz CT molecular complexity index is 82.9. The van der Waals surface area contributed by atoms with Crippen LogP contribution in [0, 0.1) is 0 Å². The van der Waals surface area contributed by atoms with Crippen molar-refractivity contribution >= 4 is 6.09 Å². The van der Waals surface area contributed by atoms with Gasteiger partial charge in [-0.25, -0.2) is 4.79 Å². The molecule has 1 amide bonds. The highest BCUT2D eigenvalue weighted by Crippen LogP contribution is 1.81. The molecule has 0 saturated carbocycles. The van der Waals surface area contributed by atoms with Crippen LogP contribution in [-0.2, 0) is 0 Å². The number of aliphatic hydroxyl groups is 1. The van der Waals surface area contributed by atoms with Gasteiger partial charge in [0, 0.05) is 6.04 Å². The lowest BCUT2D eigenvalue weighted by atomic mass is 10.2. The van der Waals surface area contributed by atoms with E-state index in [2.05, 4.69) is 5.73 Å². The minimum Gasteiger partial charge on any atom is -0.465 e. The van der Waals surface area contributed by atoms with Crippen molar-refractivity contribution in [3.05, 3.63) is 0 Å². The molecule has 0 aliphatic carbocycles. The molecular weight excluding hydrogens is 136 g/mol. The molecule has 0 aromatic carbocycles. The van der Waals surface area contributed by atoms with Crippen molar-refractivity contribution < 1.29 is 15.0 Å². The Morgan fingerprint density at radius 2 is 1.60 bits per heavy atom. The van der Waals surface area contributed by atoms with E-state index in [1.165, 1.54) is 0 Å². The lowest BCUT2D eigenvalue weighted by Gasteiger charge is -2.04. The van der Waals surface area contributed by atoms with Crippen LogP contribution in [0.4, 0.5) is 4.79 Å². The Morgan fingerprint density at radius 1 is 1.50 bits per heavy atom. The molecule has 0 saturated heterocycles. The highest BCUT2D eigenvalue weighted by atomic mass is 16.4. The second kappa shape index (κ2) is 6.31. The SMILES string of the molecule is CC(N)C(C)O.NC(=O)O. The van der Waals surface area contributed by atoms with Crippen molar-refractivity contribution in [3.8, 4) is 0 Å². The van der Waals surface area contributed by atoms with Crippen LogP contribution in [0.2, 0.25) is 0 Å². The Kier molecular flexibility index (Phi) is 7.53. The molecule has 0 aliphatic rings. The van der Waals surface area contributed by atoms with Crippen molar-refractivity contribution in [2.24, 2.45) is 11.5 Å². The minimum absolute atomic E-state index is 0.0926. The van der Waals surface area contributed by atoms with Crippen LogP contribution < -0.4 is 11.5 Å². The summed E-state index contributed by atoms with van der Waals surface area (Å²) in [5.41, 5.74) is 9.21. The first-order chi connectivity index (χ1) is 4.37. The normalized spacial score (nSPS) is 14.4. The molecule has 0 aromatic heterocycles. The van der Waals surface area contributed by atoms with E-state index in [0.29, 0.717) is 0 Å². The minimum atomic E-state index is -1.33. The Balaban J connectivity index is 0. The molecule has 10 heavy (non-hydrogen) atoms. The van der Waals surface area contributed by atoms with Crippen LogP contribution >= 0.6 is 0 Å². The number of nitrogens with two attached hydrogens (primary N) is 2. The average Bonchev–Trinajstić information content (AvgIpc) is 1.63. The molecule has 2 unspecified atom stereocenters. The number of rotatable bonds is 1. The second-order valence-electron chi connectivity index (χ2n) is 1.94. The molecule has 0 fully saturated rings. The van der Waals surface area contributed by atoms with Crippen molar-refractivity contribution in [3.63, 3.8) is 0 Å². The molecule has 0 bridgehead atoms. The van der Waals surface area contributed by atoms with E-state index in [0.717, 1.165) is 0 Å². The predicted octanol–water partition coefficient (Wildman–Crippen LogP) is -0.662. The quantitative estimate of drug-likeness (QED) is 0.397. The third kappa shape index (κ3) is 27.1. The third-order valence-electron chi connectivity index (χ3n) is 0.761. The molecule has 5 heteroatoms. The van der Waals surface area contributed by atoms with Gasteiger partial charge in [-0.1, -0.05) is 0 Å². The van der Waals surface area contributed by atoms with Gasteiger partial charge in [0.25, 0.3) is 0 Å². The molecule has 0 rings (SSSR count). The third-order valence-corrected chi connectivity index (χ3v) is 0.761. The Hall–Kier alpha value is -0.810. The Labute approximate surface area is 59.6 Å². The summed E-state index contributed by atoms with van der Waals surface area (Å²) in [6.07, 6.45) is -1.70. The summed E-state index contributed by atoms with van der Waals surface area (Å²) in [4.78, 5) is 8.78. The monoisotopic (exact) mass is 150 g/mol. The fraction of sp³-hybridized carbons (Fsp3) is 0.800. The van der Waals surface area contributed by atoms with E-state index in [9.17, 15) is 0 Å². The van der Waals surface area contributed by atoms with Gasteiger partial charge in [0.2, 0.25) is 0 Å². The van der Waals surface area contributed by atoms with Crippen molar-refractivity contribution in [2.75, 3.05) is 0 Å². The molecule has 0 radical (unpaired) electrons. The van der Waals surface area contributed by atoms with Gasteiger partial charge in [0.15, 0.2) is 0 Å². The summed E-state index contributed by atoms with van der Waals surface area (Å²) in [5, 5.41) is 15.7. The lowest BCUT2D eigenvalue weighted by molar-refractivity contribution is 0.170. The fourth-order valence-electron chi connectivity index (χ4n) is 0. The van der Waals surface area contributed by atoms with Gasteiger partial charge in [0.1, 0.15) is 0 Å². The van der Waals surface area contributed by atoms with Crippen LogP contribution in [0.25, 0.3) is 0 Å². The van der Waals surface area contributed by atoms with E-state index >= 15 is 0 Å². The van der Waals surface area contributed by atoms with Crippen LogP contribution in [0.5, 0.6) is 0 Å². The van der Waals surface area contributed by atoms with E-state index < -0.39 is 6.09 Å². The van der Waals surface area contributed by atoms with Crippen molar-refractivity contribution in [1.82, 2.24) is 0 Å². The van der Waals surface area contributed by atoms with Crippen LogP contribution in [0.15, 0.2) is 0 Å². The summed E-state index contributed by atoms with van der Waals surface area (Å²) < 4.78 is 0. The molecule has 0 aromatic rings. The van der Waals surface area contributed by atoms with Gasteiger partial charge in [-0.2, -0.15) is 0 Å². The first-order valence-electron chi connectivity index (χ1n) is 2.80. The van der Waals surface area contributed by atoms with Gasteiger partial charge < -0.3 is 21.7 Å². The molecule has 6 N–H and O–H groups in total. The average molecular weight is 150 g/mol. The summed E-state index contributed by atoms with van der Waals surface area (Å²) in [5.74, 6) is 0. The summed E-state index contributed by atoms with van der Waals surface area (Å²) in [7, 11) is 0. The highest BCUT2D eigenvalue weighted by Gasteiger charge is 1.97. The topological polar surface area (TPSA) is 110 Å². The molecule has 0 spiro atoms. The maximum absolute atomic E-state index is 8.78. The number of primary amides is 1. The fourth-order valence-corrected chi connectivity index (χ4v) is 0. The number of hydrogen-bond donors (Lipinski definition) is 4. The summed E-state index contributed by atoms with van der Waals surface area (Å²) >= 11 is 0. The van der Waals surface area contributed by atoms with Gasteiger partial charge in [-0.05, 0) is 13.8 Å². The van der Waals surface area contributed by atoms with Gasteiger partial charge >= 0.3 is 6.09 Å². The van der Waals surface area contributed by atoms with Crippen molar-refractivity contribution in [1.29, 1.82) is 0 Å². The zero-order valence-corrected chi connectivity index (χ0v) is 6.11. The Morgan fingerprint density at radius 3 is 1.60 bits per heavy atom. The van der Waals surface area contributed by atoms with E-state index in [-0.39, 0.29) is 12.1 Å². The summed E-state index contributed by atoms with van der Waals surface area (Å²) in [6.45, 7) is 3.44. The zero-order chi connectivity index (χ0) is 8.73. The number of carbonyl (C=O) groups is 1. The zero-order valence-electron chi connectivity index (χ0n) is 6.11.